The Bertz CT molecular complexity index is 1170. The number of aromatic nitrogens is 2. The molecule has 4 aliphatic rings. The van der Waals surface area contributed by atoms with E-state index in [2.05, 4.69) is 4.98 Å². The molecule has 2 aliphatic carbocycles. The standard InChI is InChI=1S/C27H31F3N2O4/c1-14(2)21-19-20(18-17(33)12-25(6-3-7-25)24(34)22(18)32-21)26(8-10-35-11-9-26)36-23(19)16-5-4-15(13-31-16)27(28,29)30/h4-5,13-14,17,23-24,33-34H,3,6-12H2,1-2H3/t17?,23-,24?/m1/s1. The maximum absolute atomic E-state index is 13.2. The first-order chi connectivity index (χ1) is 17.1. The Kier molecular flexibility index (Phi) is 5.54. The van der Waals surface area contributed by atoms with Crippen LogP contribution in [-0.4, -0.2) is 33.4 Å². The van der Waals surface area contributed by atoms with Gasteiger partial charge in [-0.2, -0.15) is 13.2 Å². The minimum Gasteiger partial charge on any atom is -0.388 e. The van der Waals surface area contributed by atoms with Crippen molar-refractivity contribution in [3.8, 4) is 0 Å². The number of alkyl halides is 3. The summed E-state index contributed by atoms with van der Waals surface area (Å²) in [6.45, 7) is 4.94. The third-order valence-corrected chi connectivity index (χ3v) is 8.74. The molecule has 2 aromatic heterocycles. The molecule has 3 atom stereocenters. The van der Waals surface area contributed by atoms with E-state index in [1.807, 2.05) is 13.8 Å². The molecule has 2 fully saturated rings. The molecule has 6 rings (SSSR count). The van der Waals surface area contributed by atoms with Crippen molar-refractivity contribution in [3.05, 3.63) is 57.7 Å². The van der Waals surface area contributed by atoms with Crippen LogP contribution in [0.25, 0.3) is 0 Å². The smallest absolute Gasteiger partial charge is 0.388 e. The highest BCUT2D eigenvalue weighted by molar-refractivity contribution is 5.54. The van der Waals surface area contributed by atoms with Gasteiger partial charge in [-0.25, -0.2) is 0 Å². The first-order valence-corrected chi connectivity index (χ1v) is 12.8. The lowest BCUT2D eigenvalue weighted by Crippen LogP contribution is -2.43. The van der Waals surface area contributed by atoms with E-state index in [0.29, 0.717) is 49.4 Å². The van der Waals surface area contributed by atoms with Crippen LogP contribution in [-0.2, 0) is 21.3 Å². The predicted octanol–water partition coefficient (Wildman–Crippen LogP) is 5.38. The van der Waals surface area contributed by atoms with Gasteiger partial charge in [0.15, 0.2) is 0 Å². The molecule has 2 spiro atoms. The van der Waals surface area contributed by atoms with E-state index in [9.17, 15) is 23.4 Å². The van der Waals surface area contributed by atoms with Gasteiger partial charge in [-0.15, -0.1) is 0 Å². The molecule has 1 saturated carbocycles. The molecule has 6 nitrogen and oxygen atoms in total. The van der Waals surface area contributed by atoms with E-state index in [1.165, 1.54) is 6.07 Å². The van der Waals surface area contributed by atoms with E-state index >= 15 is 0 Å². The number of fused-ring (bicyclic) bond motifs is 4. The summed E-state index contributed by atoms with van der Waals surface area (Å²) in [5.41, 5.74) is 1.94. The normalized spacial score (nSPS) is 28.3. The van der Waals surface area contributed by atoms with E-state index < -0.39 is 35.7 Å². The highest BCUT2D eigenvalue weighted by Gasteiger charge is 2.56. The zero-order chi connectivity index (χ0) is 25.5. The lowest BCUT2D eigenvalue weighted by Gasteiger charge is -2.51. The number of halogens is 3. The van der Waals surface area contributed by atoms with Crippen molar-refractivity contribution in [1.82, 2.24) is 9.97 Å². The maximum Gasteiger partial charge on any atom is 0.417 e. The number of nitrogens with zero attached hydrogens (tertiary/aromatic N) is 2. The van der Waals surface area contributed by atoms with Crippen LogP contribution < -0.4 is 0 Å². The molecular weight excluding hydrogens is 473 g/mol. The molecule has 2 N–H and O–H groups in total. The SMILES string of the molecule is CC(C)c1nc2c(c3c1[C@@H](c1ccc(C(F)(F)F)cn1)OC31CCOCC1)C(O)CC1(CCC1)C2O. The maximum atomic E-state index is 13.2. The summed E-state index contributed by atoms with van der Waals surface area (Å²) in [7, 11) is 0. The van der Waals surface area contributed by atoms with Crippen LogP contribution in [0, 0.1) is 5.41 Å². The third-order valence-electron chi connectivity index (χ3n) is 8.74. The van der Waals surface area contributed by atoms with Crippen molar-refractivity contribution in [3.63, 3.8) is 0 Å². The average Bonchev–Trinajstić information content (AvgIpc) is 3.13. The first-order valence-electron chi connectivity index (χ1n) is 12.8. The Morgan fingerprint density at radius 1 is 1.06 bits per heavy atom. The van der Waals surface area contributed by atoms with Crippen molar-refractivity contribution in [2.24, 2.45) is 5.41 Å². The summed E-state index contributed by atoms with van der Waals surface area (Å²) in [5.74, 6) is -0.0387. The Hall–Kier alpha value is -2.07. The van der Waals surface area contributed by atoms with E-state index in [0.717, 1.165) is 48.3 Å². The monoisotopic (exact) mass is 504 g/mol. The van der Waals surface area contributed by atoms with Gasteiger partial charge >= 0.3 is 6.18 Å². The minimum atomic E-state index is -4.48. The van der Waals surface area contributed by atoms with Crippen LogP contribution in [0.5, 0.6) is 0 Å². The predicted molar refractivity (Wildman–Crippen MR) is 123 cm³/mol. The Labute approximate surface area is 207 Å². The van der Waals surface area contributed by atoms with Gasteiger partial charge in [0, 0.05) is 54.5 Å². The van der Waals surface area contributed by atoms with Crippen molar-refractivity contribution < 1.29 is 32.9 Å². The third kappa shape index (κ3) is 3.46. The second kappa shape index (κ2) is 8.21. The van der Waals surface area contributed by atoms with Gasteiger partial charge < -0.3 is 19.7 Å². The molecule has 36 heavy (non-hydrogen) atoms. The zero-order valence-corrected chi connectivity index (χ0v) is 20.4. The largest absolute Gasteiger partial charge is 0.417 e. The zero-order valence-electron chi connectivity index (χ0n) is 20.4. The van der Waals surface area contributed by atoms with Gasteiger partial charge in [0.05, 0.1) is 28.7 Å². The molecule has 4 heterocycles. The number of rotatable bonds is 2. The van der Waals surface area contributed by atoms with Gasteiger partial charge in [0.2, 0.25) is 0 Å². The highest BCUT2D eigenvalue weighted by atomic mass is 19.4. The molecule has 2 aromatic rings. The van der Waals surface area contributed by atoms with Crippen LogP contribution in [0.15, 0.2) is 18.3 Å². The van der Waals surface area contributed by atoms with Crippen molar-refractivity contribution in [1.29, 1.82) is 0 Å². The van der Waals surface area contributed by atoms with Gasteiger partial charge in [-0.1, -0.05) is 20.3 Å². The molecule has 0 radical (unpaired) electrons. The molecule has 0 amide bonds. The van der Waals surface area contributed by atoms with Gasteiger partial charge in [-0.3, -0.25) is 9.97 Å². The van der Waals surface area contributed by atoms with E-state index in [1.54, 1.807) is 0 Å². The lowest BCUT2D eigenvalue weighted by molar-refractivity contribution is -0.138. The number of aliphatic hydroxyl groups excluding tert-OH is 2. The molecular formula is C27H31F3N2O4. The average molecular weight is 505 g/mol. The number of pyridine rings is 2. The number of ether oxygens (including phenoxy) is 2. The lowest BCUT2D eigenvalue weighted by atomic mass is 9.57. The summed E-state index contributed by atoms with van der Waals surface area (Å²) in [6.07, 6.45) is -1.66. The quantitative estimate of drug-likeness (QED) is 0.571. The van der Waals surface area contributed by atoms with Crippen molar-refractivity contribution in [2.45, 2.75) is 88.4 Å². The van der Waals surface area contributed by atoms with Gasteiger partial charge in [-0.05, 0) is 42.9 Å². The second-order valence-electron chi connectivity index (χ2n) is 11.2. The fraction of sp³-hybridized carbons (Fsp3) is 0.630. The molecule has 1 saturated heterocycles. The van der Waals surface area contributed by atoms with Crippen LogP contribution in [0.1, 0.15) is 116 Å². The Morgan fingerprint density at radius 3 is 2.33 bits per heavy atom. The second-order valence-corrected chi connectivity index (χ2v) is 11.2. The highest BCUT2D eigenvalue weighted by Crippen LogP contribution is 2.63. The van der Waals surface area contributed by atoms with E-state index in [-0.39, 0.29) is 11.3 Å². The van der Waals surface area contributed by atoms with Crippen molar-refractivity contribution in [2.75, 3.05) is 13.2 Å². The fourth-order valence-electron chi connectivity index (χ4n) is 6.74. The van der Waals surface area contributed by atoms with E-state index in [4.69, 9.17) is 14.5 Å². The number of hydrogen-bond donors (Lipinski definition) is 2. The van der Waals surface area contributed by atoms with Gasteiger partial charge in [0.1, 0.15) is 12.2 Å². The number of hydrogen-bond acceptors (Lipinski definition) is 6. The summed E-state index contributed by atoms with van der Waals surface area (Å²) in [6, 6.07) is 2.40. The Morgan fingerprint density at radius 2 is 1.78 bits per heavy atom. The van der Waals surface area contributed by atoms with Crippen molar-refractivity contribution >= 4 is 0 Å². The summed E-state index contributed by atoms with van der Waals surface area (Å²) in [5, 5.41) is 23.0. The topological polar surface area (TPSA) is 84.7 Å². The summed E-state index contributed by atoms with van der Waals surface area (Å²) in [4.78, 5) is 9.15. The molecule has 2 unspecified atom stereocenters. The van der Waals surface area contributed by atoms with Crippen LogP contribution in [0.2, 0.25) is 0 Å². The van der Waals surface area contributed by atoms with Crippen LogP contribution in [0.3, 0.4) is 0 Å². The number of aliphatic hydroxyl groups is 2. The minimum absolute atomic E-state index is 0.0387. The molecule has 0 bridgehead atoms. The molecule has 9 heteroatoms. The fourth-order valence-corrected chi connectivity index (χ4v) is 6.74. The summed E-state index contributed by atoms with van der Waals surface area (Å²) >= 11 is 0. The van der Waals surface area contributed by atoms with Crippen LogP contribution in [0.4, 0.5) is 13.2 Å². The van der Waals surface area contributed by atoms with Crippen LogP contribution >= 0.6 is 0 Å². The first kappa shape index (κ1) is 24.3. The summed E-state index contributed by atoms with van der Waals surface area (Å²) < 4.78 is 52.0. The Balaban J connectivity index is 1.57. The molecule has 2 aliphatic heterocycles. The molecule has 0 aromatic carbocycles. The van der Waals surface area contributed by atoms with Gasteiger partial charge in [0.25, 0.3) is 0 Å². The molecule has 194 valence electrons.